The third kappa shape index (κ3) is 5.64. The number of hydrogen-bond acceptors (Lipinski definition) is 11. The van der Waals surface area contributed by atoms with Gasteiger partial charge in [0.2, 0.25) is 0 Å². The summed E-state index contributed by atoms with van der Waals surface area (Å²) in [6.07, 6.45) is 21.2. The van der Waals surface area contributed by atoms with E-state index in [9.17, 15) is 8.42 Å². The van der Waals surface area contributed by atoms with Crippen LogP contribution in [-0.4, -0.2) is 70.1 Å². The molecule has 9 aliphatic rings. The Kier molecular flexibility index (Phi) is 8.29. The van der Waals surface area contributed by atoms with Gasteiger partial charge in [0.25, 0.3) is 10.1 Å². The summed E-state index contributed by atoms with van der Waals surface area (Å²) < 4.78 is 30.8. The Morgan fingerprint density at radius 1 is 0.400 bits per heavy atom. The summed E-state index contributed by atoms with van der Waals surface area (Å²) >= 11 is 0. The zero-order valence-electron chi connectivity index (χ0n) is 27.1. The fourth-order valence-electron chi connectivity index (χ4n) is 12.3. The van der Waals surface area contributed by atoms with Crippen molar-refractivity contribution in [3.8, 4) is 0 Å². The second kappa shape index (κ2) is 12.2. The Balaban J connectivity index is 1.06. The van der Waals surface area contributed by atoms with Gasteiger partial charge in [0.15, 0.2) is 0 Å². The van der Waals surface area contributed by atoms with Crippen molar-refractivity contribution in [2.75, 3.05) is 6.26 Å². The van der Waals surface area contributed by atoms with Gasteiger partial charge < -0.3 is 0 Å². The van der Waals surface area contributed by atoms with Gasteiger partial charge in [-0.15, -0.1) is 0 Å². The molecule has 0 aromatic carbocycles. The smallest absolute Gasteiger partial charge is 0.264 e. The molecule has 17 unspecified atom stereocenters. The van der Waals surface area contributed by atoms with Crippen LogP contribution in [0.1, 0.15) is 96.3 Å². The zero-order valence-corrected chi connectivity index (χ0v) is 27.9. The molecule has 0 aromatic heterocycles. The molecule has 254 valence electrons. The fraction of sp³-hybridized carbons (Fsp3) is 1.00. The van der Waals surface area contributed by atoms with Crippen LogP contribution in [0.2, 0.25) is 0 Å². The highest BCUT2D eigenvalue weighted by molar-refractivity contribution is 7.86. The van der Waals surface area contributed by atoms with Gasteiger partial charge in [-0.3, -0.25) is 46.7 Å². The highest BCUT2D eigenvalue weighted by atomic mass is 32.2. The number of rotatable bonds is 2. The molecule has 4 saturated carbocycles. The van der Waals surface area contributed by atoms with Crippen LogP contribution in [0.3, 0.4) is 0 Å². The van der Waals surface area contributed by atoms with Crippen molar-refractivity contribution in [2.45, 2.75) is 152 Å². The average Bonchev–Trinajstić information content (AvgIpc) is 3.76. The first kappa shape index (κ1) is 30.6. The standard InChI is InChI=1S/C33H58N8O3S/c1-45(42,43)44-24-16-8-15-23-25(24)33-40-31-22-14-7-6-13-21(22)29(38-31)36-27-18-10-3-2-9-17(18)26(34-27)35-28-19-11-4-5-12-20(19)30(37-28)39-32(23)41-33/h17-41H,2-16H2,1H3. The molecule has 9 fully saturated rings. The summed E-state index contributed by atoms with van der Waals surface area (Å²) in [4.78, 5) is 0. The van der Waals surface area contributed by atoms with Crippen molar-refractivity contribution in [3.63, 3.8) is 0 Å². The molecule has 8 N–H and O–H groups in total. The average molecular weight is 647 g/mol. The predicted octanol–water partition coefficient (Wildman–Crippen LogP) is 1.56. The van der Waals surface area contributed by atoms with E-state index in [1.54, 1.807) is 0 Å². The Hall–Kier alpha value is -0.410. The number of nitrogens with one attached hydrogen (secondary N) is 8. The van der Waals surface area contributed by atoms with E-state index in [1.807, 2.05) is 0 Å². The lowest BCUT2D eigenvalue weighted by Crippen LogP contribution is -2.62. The number of fused-ring (bicyclic) bond motifs is 20. The Morgan fingerprint density at radius 3 is 1.02 bits per heavy atom. The first-order chi connectivity index (χ1) is 21.9. The maximum Gasteiger partial charge on any atom is 0.264 e. The van der Waals surface area contributed by atoms with E-state index in [-0.39, 0.29) is 42.9 Å². The minimum absolute atomic E-state index is 0.0135. The summed E-state index contributed by atoms with van der Waals surface area (Å²) in [5.41, 5.74) is 0. The van der Waals surface area contributed by atoms with Gasteiger partial charge in [-0.05, 0) is 92.8 Å². The first-order valence-electron chi connectivity index (χ1n) is 18.9. The molecule has 17 atom stereocenters. The van der Waals surface area contributed by atoms with Gasteiger partial charge in [-0.25, -0.2) is 0 Å². The minimum Gasteiger partial charge on any atom is -0.286 e. The van der Waals surface area contributed by atoms with Gasteiger partial charge in [-0.2, -0.15) is 8.42 Å². The fourth-order valence-corrected chi connectivity index (χ4v) is 13.0. The summed E-state index contributed by atoms with van der Waals surface area (Å²) in [7, 11) is -3.55. The van der Waals surface area contributed by atoms with E-state index in [2.05, 4.69) is 42.5 Å². The molecule has 5 saturated heterocycles. The maximum atomic E-state index is 12.5. The van der Waals surface area contributed by atoms with E-state index in [1.165, 1.54) is 83.3 Å². The Morgan fingerprint density at radius 2 is 0.689 bits per heavy atom. The van der Waals surface area contributed by atoms with Gasteiger partial charge in [0.1, 0.15) is 0 Å². The van der Waals surface area contributed by atoms with E-state index >= 15 is 0 Å². The molecule has 5 aliphatic heterocycles. The van der Waals surface area contributed by atoms with Gasteiger partial charge in [0.05, 0.1) is 61.7 Å². The van der Waals surface area contributed by atoms with Crippen molar-refractivity contribution in [1.29, 1.82) is 0 Å². The normalized spacial score (nSPS) is 54.6. The zero-order chi connectivity index (χ0) is 30.3. The first-order valence-corrected chi connectivity index (χ1v) is 20.7. The van der Waals surface area contributed by atoms with Crippen molar-refractivity contribution in [3.05, 3.63) is 0 Å². The third-order valence-corrected chi connectivity index (χ3v) is 14.7. The van der Waals surface area contributed by atoms with Crippen LogP contribution in [0, 0.1) is 47.3 Å². The molecule has 12 heteroatoms. The monoisotopic (exact) mass is 646 g/mol. The van der Waals surface area contributed by atoms with Crippen molar-refractivity contribution < 1.29 is 12.6 Å². The third-order valence-electron chi connectivity index (χ3n) is 14.1. The van der Waals surface area contributed by atoms with Gasteiger partial charge in [-0.1, -0.05) is 44.9 Å². The highest BCUT2D eigenvalue weighted by Gasteiger charge is 2.56. The van der Waals surface area contributed by atoms with Crippen molar-refractivity contribution >= 4 is 10.1 Å². The van der Waals surface area contributed by atoms with Crippen LogP contribution in [0.4, 0.5) is 0 Å². The Bertz CT molecular complexity index is 1190. The van der Waals surface area contributed by atoms with Crippen LogP contribution in [0.5, 0.6) is 0 Å². The van der Waals surface area contributed by atoms with Crippen LogP contribution < -0.4 is 42.5 Å². The highest BCUT2D eigenvalue weighted by Crippen LogP contribution is 2.46. The molecule has 0 radical (unpaired) electrons. The second-order valence-corrected chi connectivity index (χ2v) is 18.1. The molecule has 0 amide bonds. The summed E-state index contributed by atoms with van der Waals surface area (Å²) in [5.74, 6) is 4.14. The summed E-state index contributed by atoms with van der Waals surface area (Å²) in [6.45, 7) is 0. The lowest BCUT2D eigenvalue weighted by molar-refractivity contribution is 0.0478. The maximum absolute atomic E-state index is 12.5. The van der Waals surface area contributed by atoms with E-state index in [0.717, 1.165) is 19.3 Å². The topological polar surface area (TPSA) is 140 Å². The molecule has 4 aliphatic carbocycles. The van der Waals surface area contributed by atoms with E-state index < -0.39 is 10.1 Å². The van der Waals surface area contributed by atoms with Crippen molar-refractivity contribution in [1.82, 2.24) is 42.5 Å². The SMILES string of the molecule is CS(=O)(=O)OC1CCCC2C3NC4NC(NC5NC(NC6NC(NC(N3)C12)C1CCCCC61)C1CCCCC51)C1CCCCC41. The second-order valence-electron chi connectivity index (χ2n) is 16.5. The lowest BCUT2D eigenvalue weighted by atomic mass is 9.75. The van der Waals surface area contributed by atoms with Gasteiger partial charge >= 0.3 is 0 Å². The molecule has 9 rings (SSSR count). The molecule has 8 bridgehead atoms. The molecular weight excluding hydrogens is 588 g/mol. The predicted molar refractivity (Wildman–Crippen MR) is 172 cm³/mol. The quantitative estimate of drug-likeness (QED) is 0.208. The van der Waals surface area contributed by atoms with E-state index in [0.29, 0.717) is 59.9 Å². The van der Waals surface area contributed by atoms with Crippen LogP contribution >= 0.6 is 0 Å². The Labute approximate surface area is 270 Å². The number of hydrogen-bond donors (Lipinski definition) is 8. The largest absolute Gasteiger partial charge is 0.286 e. The molecule has 5 heterocycles. The van der Waals surface area contributed by atoms with Crippen LogP contribution in [0.15, 0.2) is 0 Å². The molecular formula is C33H58N8O3S. The summed E-state index contributed by atoms with van der Waals surface area (Å²) in [6, 6.07) is 0. The van der Waals surface area contributed by atoms with Crippen molar-refractivity contribution in [2.24, 2.45) is 47.3 Å². The van der Waals surface area contributed by atoms with Crippen LogP contribution in [-0.2, 0) is 14.3 Å². The molecule has 0 spiro atoms. The molecule has 0 aromatic rings. The summed E-state index contributed by atoms with van der Waals surface area (Å²) in [5, 5.41) is 33.0. The van der Waals surface area contributed by atoms with Crippen LogP contribution in [0.25, 0.3) is 0 Å². The molecule has 11 nitrogen and oxygen atoms in total. The molecule has 45 heavy (non-hydrogen) atoms. The lowest BCUT2D eigenvalue weighted by Gasteiger charge is -2.38. The van der Waals surface area contributed by atoms with Gasteiger partial charge in [0, 0.05) is 5.92 Å². The minimum atomic E-state index is -3.55. The van der Waals surface area contributed by atoms with E-state index in [4.69, 9.17) is 4.18 Å².